The lowest BCUT2D eigenvalue weighted by Gasteiger charge is -2.34. The van der Waals surface area contributed by atoms with Crippen LogP contribution in [0, 0.1) is 5.92 Å². The van der Waals surface area contributed by atoms with Crippen molar-refractivity contribution in [2.75, 3.05) is 37.5 Å². The van der Waals surface area contributed by atoms with E-state index in [-0.39, 0.29) is 12.0 Å². The molecular formula is C29H34N4O4S. The molecule has 2 amide bonds. The first kappa shape index (κ1) is 26.2. The summed E-state index contributed by atoms with van der Waals surface area (Å²) in [5, 5.41) is 0.925. The molecule has 38 heavy (non-hydrogen) atoms. The number of amides is 2. The highest BCUT2D eigenvalue weighted by molar-refractivity contribution is 7.86. The number of nitrogens with zero attached hydrogens (tertiary/aromatic N) is 3. The number of nitrogens with one attached hydrogen (secondary N) is 1. The Labute approximate surface area is 226 Å². The third kappa shape index (κ3) is 6.32. The van der Waals surface area contributed by atoms with Crippen LogP contribution in [0.25, 0.3) is 10.9 Å². The third-order valence-electron chi connectivity index (χ3n) is 7.44. The minimum atomic E-state index is -1.50. The first-order valence-corrected chi connectivity index (χ1v) is 14.6. The van der Waals surface area contributed by atoms with Crippen LogP contribution in [-0.2, 0) is 15.7 Å². The number of para-hydroxylation sites is 1. The van der Waals surface area contributed by atoms with Crippen molar-refractivity contribution < 1.29 is 18.5 Å². The molecule has 5 rings (SSSR count). The maximum atomic E-state index is 13.0. The Balaban J connectivity index is 1.10. The zero-order valence-electron chi connectivity index (χ0n) is 21.5. The number of hydrogen-bond acceptors (Lipinski definition) is 5. The van der Waals surface area contributed by atoms with Gasteiger partial charge in [0.1, 0.15) is 0 Å². The molecule has 1 unspecified atom stereocenters. The molecule has 1 saturated heterocycles. The summed E-state index contributed by atoms with van der Waals surface area (Å²) in [6.45, 7) is 2.34. The second kappa shape index (κ2) is 12.4. The quantitative estimate of drug-likeness (QED) is 0.448. The Hall–Kier alpha value is -3.46. The predicted octanol–water partition coefficient (Wildman–Crippen LogP) is 5.23. The van der Waals surface area contributed by atoms with Crippen LogP contribution in [0.3, 0.4) is 0 Å². The van der Waals surface area contributed by atoms with Crippen LogP contribution in [0.1, 0.15) is 48.9 Å². The van der Waals surface area contributed by atoms with Crippen molar-refractivity contribution in [3.8, 4) is 0 Å². The summed E-state index contributed by atoms with van der Waals surface area (Å²) in [5.74, 6) is 0.601. The molecule has 200 valence electrons. The van der Waals surface area contributed by atoms with E-state index in [1.807, 2.05) is 24.3 Å². The molecule has 2 aromatic carbocycles. The lowest BCUT2D eigenvalue weighted by molar-refractivity contribution is 0.0543. The fourth-order valence-corrected chi connectivity index (χ4v) is 6.23. The molecule has 1 aliphatic carbocycles. The van der Waals surface area contributed by atoms with Gasteiger partial charge in [0.15, 0.2) is 11.0 Å². The van der Waals surface area contributed by atoms with Crippen LogP contribution in [0.15, 0.2) is 65.7 Å². The van der Waals surface area contributed by atoms with E-state index in [1.165, 1.54) is 32.1 Å². The summed E-state index contributed by atoms with van der Waals surface area (Å²) >= 11 is 0. The van der Waals surface area contributed by atoms with Crippen molar-refractivity contribution in [2.24, 2.45) is 5.92 Å². The van der Waals surface area contributed by atoms with Crippen molar-refractivity contribution in [1.82, 2.24) is 14.8 Å². The van der Waals surface area contributed by atoms with Crippen molar-refractivity contribution in [2.45, 2.75) is 43.4 Å². The molecule has 1 aromatic heterocycles. The van der Waals surface area contributed by atoms with E-state index in [2.05, 4.69) is 9.71 Å². The van der Waals surface area contributed by atoms with Gasteiger partial charge in [-0.3, -0.25) is 9.78 Å². The van der Waals surface area contributed by atoms with Gasteiger partial charge in [-0.25, -0.2) is 9.00 Å². The Kier molecular flexibility index (Phi) is 8.53. The number of carbonyl (C=O) groups is 2. The molecule has 0 radical (unpaired) electrons. The Morgan fingerprint density at radius 1 is 0.921 bits per heavy atom. The van der Waals surface area contributed by atoms with Crippen LogP contribution in [0.5, 0.6) is 0 Å². The van der Waals surface area contributed by atoms with E-state index in [0.29, 0.717) is 60.4 Å². The highest BCUT2D eigenvalue weighted by atomic mass is 32.2. The van der Waals surface area contributed by atoms with Crippen LogP contribution in [0.4, 0.5) is 10.5 Å². The number of rotatable bonds is 7. The minimum absolute atomic E-state index is 0.0822. The number of carbonyl (C=O) groups excluding carboxylic acids is 2. The molecule has 8 nitrogen and oxygen atoms in total. The standard InChI is InChI=1S/C29H34N4O4S/c34-28(32-17-19-33(20-18-32)29(35)37-21-15-22-6-2-1-3-7-22)24-11-13-25(14-12-24)31-38(36)26-10-4-8-23-9-5-16-30-27(23)26/h4-5,8-14,16,22,31H,1-3,6-7,15,17-21H2. The average Bonchev–Trinajstić information content (AvgIpc) is 2.97. The summed E-state index contributed by atoms with van der Waals surface area (Å²) in [7, 11) is -1.50. The maximum Gasteiger partial charge on any atom is 0.409 e. The second-order valence-electron chi connectivity index (χ2n) is 9.97. The normalized spacial score (nSPS) is 17.3. The van der Waals surface area contributed by atoms with Crippen molar-refractivity contribution >= 4 is 39.6 Å². The molecule has 1 N–H and O–H groups in total. The molecule has 9 heteroatoms. The summed E-state index contributed by atoms with van der Waals surface area (Å²) in [5.41, 5.74) is 1.89. The van der Waals surface area contributed by atoms with Gasteiger partial charge >= 0.3 is 6.09 Å². The lowest BCUT2D eigenvalue weighted by atomic mass is 9.87. The second-order valence-corrected chi connectivity index (χ2v) is 11.1. The lowest BCUT2D eigenvalue weighted by Crippen LogP contribution is -2.50. The Bertz CT molecular complexity index is 1280. The highest BCUT2D eigenvalue weighted by Crippen LogP contribution is 2.26. The summed E-state index contributed by atoms with van der Waals surface area (Å²) in [6, 6.07) is 16.3. The zero-order valence-corrected chi connectivity index (χ0v) is 22.3. The molecule has 0 spiro atoms. The van der Waals surface area contributed by atoms with E-state index in [1.54, 1.807) is 46.3 Å². The van der Waals surface area contributed by atoms with E-state index in [0.717, 1.165) is 11.8 Å². The minimum Gasteiger partial charge on any atom is -0.449 e. The summed E-state index contributed by atoms with van der Waals surface area (Å²) < 4.78 is 21.5. The van der Waals surface area contributed by atoms with E-state index < -0.39 is 11.0 Å². The van der Waals surface area contributed by atoms with Gasteiger partial charge in [0, 0.05) is 49.0 Å². The molecule has 0 bridgehead atoms. The molecule has 2 heterocycles. The predicted molar refractivity (Wildman–Crippen MR) is 148 cm³/mol. The van der Waals surface area contributed by atoms with Gasteiger partial charge in [-0.15, -0.1) is 0 Å². The van der Waals surface area contributed by atoms with Crippen LogP contribution in [0.2, 0.25) is 0 Å². The molecule has 1 atom stereocenters. The molecule has 2 aliphatic rings. The third-order valence-corrected chi connectivity index (χ3v) is 8.59. The molecule has 2 fully saturated rings. The monoisotopic (exact) mass is 534 g/mol. The van der Waals surface area contributed by atoms with Crippen LogP contribution < -0.4 is 4.72 Å². The summed E-state index contributed by atoms with van der Waals surface area (Å²) in [4.78, 5) is 33.9. The van der Waals surface area contributed by atoms with E-state index >= 15 is 0 Å². The van der Waals surface area contributed by atoms with Gasteiger partial charge in [-0.1, -0.05) is 50.3 Å². The number of ether oxygens (including phenoxy) is 1. The number of anilines is 1. The smallest absolute Gasteiger partial charge is 0.409 e. The Morgan fingerprint density at radius 2 is 1.63 bits per heavy atom. The average molecular weight is 535 g/mol. The molecule has 3 aromatic rings. The van der Waals surface area contributed by atoms with Crippen LogP contribution in [-0.4, -0.2) is 63.8 Å². The number of fused-ring (bicyclic) bond motifs is 1. The van der Waals surface area contributed by atoms with Crippen molar-refractivity contribution in [3.05, 3.63) is 66.4 Å². The van der Waals surface area contributed by atoms with Crippen molar-refractivity contribution in [3.63, 3.8) is 0 Å². The van der Waals surface area contributed by atoms with Gasteiger partial charge < -0.3 is 19.3 Å². The maximum absolute atomic E-state index is 13.0. The largest absolute Gasteiger partial charge is 0.449 e. The number of aromatic nitrogens is 1. The Morgan fingerprint density at radius 3 is 2.39 bits per heavy atom. The fourth-order valence-electron chi connectivity index (χ4n) is 5.22. The number of piperazine rings is 1. The molecular weight excluding hydrogens is 500 g/mol. The highest BCUT2D eigenvalue weighted by Gasteiger charge is 2.26. The first-order valence-electron chi connectivity index (χ1n) is 13.4. The molecule has 1 saturated carbocycles. The number of benzene rings is 2. The topological polar surface area (TPSA) is 91.8 Å². The fraction of sp³-hybridized carbons (Fsp3) is 0.414. The number of pyridine rings is 1. The first-order chi connectivity index (χ1) is 18.6. The van der Waals surface area contributed by atoms with E-state index in [4.69, 9.17) is 4.74 Å². The number of hydrogen-bond donors (Lipinski definition) is 1. The SMILES string of the molecule is O=C(OCCC1CCCCC1)N1CCN(C(=O)c2ccc(NS(=O)c3cccc4cccnc34)cc2)CC1. The zero-order chi connectivity index (χ0) is 26.3. The van der Waals surface area contributed by atoms with Crippen molar-refractivity contribution in [1.29, 1.82) is 0 Å². The van der Waals surface area contributed by atoms with Crippen LogP contribution >= 0.6 is 0 Å². The van der Waals surface area contributed by atoms with Gasteiger partial charge in [-0.05, 0) is 48.7 Å². The van der Waals surface area contributed by atoms with E-state index in [9.17, 15) is 13.8 Å². The van der Waals surface area contributed by atoms with Gasteiger partial charge in [0.25, 0.3) is 5.91 Å². The summed E-state index contributed by atoms with van der Waals surface area (Å²) in [6.07, 6.45) is 8.74. The van der Waals surface area contributed by atoms with Gasteiger partial charge in [0.05, 0.1) is 17.0 Å². The van der Waals surface area contributed by atoms with Gasteiger partial charge in [-0.2, -0.15) is 0 Å². The van der Waals surface area contributed by atoms with Gasteiger partial charge in [0.2, 0.25) is 0 Å². The molecule has 1 aliphatic heterocycles.